The number of benzene rings is 2. The summed E-state index contributed by atoms with van der Waals surface area (Å²) in [6.07, 6.45) is 16.7. The van der Waals surface area contributed by atoms with Gasteiger partial charge in [-0.15, -0.1) is 23.0 Å². The van der Waals surface area contributed by atoms with E-state index in [0.717, 1.165) is 36.3 Å². The number of aryl methyl sites for hydroxylation is 2. The fourth-order valence-electron chi connectivity index (χ4n) is 17.1. The number of thioether (sulfide) groups is 2. The highest BCUT2D eigenvalue weighted by atomic mass is 32.2. The number of anilines is 1. The summed E-state index contributed by atoms with van der Waals surface area (Å²) < 4.78 is 69.9. The maximum absolute atomic E-state index is 14.3. The van der Waals surface area contributed by atoms with Crippen molar-refractivity contribution in [2.24, 2.45) is 23.3 Å². The lowest BCUT2D eigenvalue weighted by atomic mass is 9.89. The fourth-order valence-corrected chi connectivity index (χ4v) is 19.5. The Bertz CT molecular complexity index is 5000. The Hall–Kier alpha value is -11.9. The van der Waals surface area contributed by atoms with E-state index < -0.39 is 47.4 Å². The molecule has 150 heavy (non-hydrogen) atoms. The predicted molar refractivity (Wildman–Crippen MR) is 565 cm³/mol. The van der Waals surface area contributed by atoms with Crippen LogP contribution in [0, 0.1) is 24.2 Å². The number of carbonyl (C=O) groups excluding carboxylic acids is 12. The third-order valence-corrected chi connectivity index (χ3v) is 27.6. The third-order valence-electron chi connectivity index (χ3n) is 25.1. The lowest BCUT2D eigenvalue weighted by molar-refractivity contribution is -0.136. The van der Waals surface area contributed by atoms with Gasteiger partial charge in [-0.25, -0.2) is 19.1 Å². The van der Waals surface area contributed by atoms with Crippen LogP contribution in [-0.4, -0.2) is 346 Å². The summed E-state index contributed by atoms with van der Waals surface area (Å²) in [7, 11) is 5.93. The number of hydrogen-bond acceptors (Lipinski definition) is 33. The Morgan fingerprint density at radius 1 is 0.620 bits per heavy atom. The van der Waals surface area contributed by atoms with Crippen LogP contribution in [0.5, 0.6) is 23.0 Å². The molecule has 8 rings (SSSR count). The van der Waals surface area contributed by atoms with Crippen molar-refractivity contribution < 1.29 is 114 Å². The fraction of sp³-hybridized carbons (Fsp3) is 0.641. The highest BCUT2D eigenvalue weighted by molar-refractivity contribution is 8.00. The molecule has 4 aliphatic rings. The normalized spacial score (nSPS) is 15.1. The van der Waals surface area contributed by atoms with Gasteiger partial charge >= 0.3 is 18.2 Å². The summed E-state index contributed by atoms with van der Waals surface area (Å²) >= 11 is 3.43. The molecule has 45 nitrogen and oxygen atoms in total. The van der Waals surface area contributed by atoms with Crippen molar-refractivity contribution in [1.29, 1.82) is 0 Å². The molecule has 47 heteroatoms. The highest BCUT2D eigenvalue weighted by Gasteiger charge is 2.43. The number of carbonyl (C=O) groups is 12. The monoisotopic (exact) mass is 2140 g/mol. The average Bonchev–Trinajstić information content (AvgIpc) is 1.57. The number of fused-ring (bicyclic) bond motifs is 4. The number of terminal acetylenes is 1. The number of aromatic nitrogens is 3. The molecule has 13 amide bonds. The second kappa shape index (κ2) is 71.1. The van der Waals surface area contributed by atoms with Gasteiger partial charge in [-0.2, -0.15) is 23.5 Å². The summed E-state index contributed by atoms with van der Waals surface area (Å²) in [5.74, 6) is 2.79. The van der Waals surface area contributed by atoms with Crippen molar-refractivity contribution >= 4 is 100 Å². The largest absolute Gasteiger partial charge is 0.493 e. The minimum absolute atomic E-state index is 0.000163. The van der Waals surface area contributed by atoms with Crippen LogP contribution < -0.4 is 94.7 Å². The minimum atomic E-state index is -0.930. The van der Waals surface area contributed by atoms with Crippen LogP contribution in [0.15, 0.2) is 71.4 Å². The number of methoxy groups -OCH3 is 4. The van der Waals surface area contributed by atoms with Crippen molar-refractivity contribution in [3.8, 4) is 46.5 Å². The van der Waals surface area contributed by atoms with E-state index >= 15 is 0 Å². The first-order chi connectivity index (χ1) is 72.7. The number of hydrogen-bond donors (Lipinski definition) is 13. The summed E-state index contributed by atoms with van der Waals surface area (Å²) in [4.78, 5) is 176. The zero-order valence-electron chi connectivity index (χ0n) is 88.0. The number of nitrogens with one attached hydrogen (secondary N) is 11. The SMILES string of the molecule is C#CCCCC(=O)N(CCN(CCSCCC(=O)NCCN)C(=O)CC)CCN(CCNC(=O)CCCC1=CN(CCOCCOCCOCCNC(=O)CCCC[C@@H]2SC[C@@H]3NC(=O)N[C@@H]32)NN1)C(=O)CCCc1cn(CCOCCOCCOCCOCCC(=O)N[C@H](C(=O)CC(CCCNC(N)=O)C(=O)Nc2ccc(COC(=O)N[C@@H]3CCc4cc(OC)c(OC)c(OC)c4-c4ccc(OC)c(=O)cc43)cc2)C(C)C)nn1. The smallest absolute Gasteiger partial charge is 0.407 e. The van der Waals surface area contributed by atoms with Gasteiger partial charge in [0.25, 0.3) is 0 Å². The molecule has 3 aliphatic heterocycles. The van der Waals surface area contributed by atoms with Gasteiger partial charge < -0.3 is 136 Å². The zero-order chi connectivity index (χ0) is 108. The molecule has 2 fully saturated rings. The highest BCUT2D eigenvalue weighted by Crippen LogP contribution is 2.50. The van der Waals surface area contributed by atoms with Crippen LogP contribution in [0.3, 0.4) is 0 Å². The van der Waals surface area contributed by atoms with Gasteiger partial charge in [0.15, 0.2) is 23.0 Å². The number of urea groups is 2. The lowest BCUT2D eigenvalue weighted by Gasteiger charge is -2.31. The van der Waals surface area contributed by atoms with Crippen LogP contribution in [0.25, 0.3) is 11.1 Å². The number of nitrogens with zero attached hydrogens (tertiary/aromatic N) is 7. The van der Waals surface area contributed by atoms with Crippen molar-refractivity contribution in [1.82, 2.24) is 88.2 Å². The topological polar surface area (TPSA) is 561 Å². The molecule has 0 spiro atoms. The van der Waals surface area contributed by atoms with Gasteiger partial charge in [0, 0.05) is 188 Å². The second-order valence-electron chi connectivity index (χ2n) is 36.5. The molecular formula is C103H158N20O25S2. The van der Waals surface area contributed by atoms with Gasteiger partial charge in [-0.05, 0) is 129 Å². The van der Waals surface area contributed by atoms with Gasteiger partial charge in [-0.3, -0.25) is 53.0 Å². The number of ketones is 1. The van der Waals surface area contributed by atoms with Crippen molar-refractivity contribution in [2.75, 3.05) is 222 Å². The number of rotatable bonds is 79. The van der Waals surface area contributed by atoms with Crippen LogP contribution in [-0.2, 0) is 107 Å². The number of Topliss-reactive ketones (excluding diaryl/α,β-unsaturated/α-hetero) is 1. The third kappa shape index (κ3) is 45.7. The molecule has 4 heterocycles. The maximum atomic E-state index is 14.3. The first-order valence-electron chi connectivity index (χ1n) is 51.9. The number of alkyl carbamates (subject to hydrolysis) is 1. The Kier molecular flexibility index (Phi) is 58.4. The molecule has 0 bridgehead atoms. The van der Waals surface area contributed by atoms with Crippen LogP contribution >= 0.6 is 23.5 Å². The van der Waals surface area contributed by atoms with E-state index in [4.69, 9.17) is 74.7 Å². The van der Waals surface area contributed by atoms with Gasteiger partial charge in [-0.1, -0.05) is 50.6 Å². The Balaban J connectivity index is 0.691. The maximum Gasteiger partial charge on any atom is 0.407 e. The first-order valence-corrected chi connectivity index (χ1v) is 54.1. The average molecular weight is 2140 g/mol. The van der Waals surface area contributed by atoms with Crippen molar-refractivity contribution in [3.05, 3.63) is 99.2 Å². The van der Waals surface area contributed by atoms with Crippen LogP contribution in [0.2, 0.25) is 0 Å². The second-order valence-corrected chi connectivity index (χ2v) is 39.0. The molecule has 1 aromatic heterocycles. The number of nitrogens with two attached hydrogens (primary N) is 2. The predicted octanol–water partition coefficient (Wildman–Crippen LogP) is 5.08. The number of unbranched alkanes of at least 4 members (excludes halogenated alkanes) is 2. The minimum Gasteiger partial charge on any atom is -0.493 e. The van der Waals surface area contributed by atoms with Crippen molar-refractivity contribution in [3.63, 3.8) is 0 Å². The molecule has 3 aromatic carbocycles. The number of ether oxygens (including phenoxy) is 12. The van der Waals surface area contributed by atoms with Crippen LogP contribution in [0.4, 0.5) is 20.1 Å². The van der Waals surface area contributed by atoms with Crippen LogP contribution in [0.1, 0.15) is 171 Å². The molecule has 832 valence electrons. The number of amides is 13. The van der Waals surface area contributed by atoms with E-state index in [1.807, 2.05) is 29.0 Å². The van der Waals surface area contributed by atoms with Gasteiger partial charge in [0.1, 0.15) is 6.61 Å². The zero-order valence-corrected chi connectivity index (χ0v) is 89.6. The molecule has 4 aromatic rings. The molecule has 2 saturated heterocycles. The number of primary amides is 1. The Labute approximate surface area is 887 Å². The molecular weight excluding hydrogens is 1980 g/mol. The summed E-state index contributed by atoms with van der Waals surface area (Å²) in [5.41, 5.74) is 21.9. The summed E-state index contributed by atoms with van der Waals surface area (Å²) in [6, 6.07) is 11.1. The number of allylic oxidation sites excluding steroid dienone is 1. The molecule has 1 unspecified atom stereocenters. The molecule has 6 atom stereocenters. The quantitative estimate of drug-likeness (QED) is 0.0156. The summed E-state index contributed by atoms with van der Waals surface area (Å²) in [5, 5.41) is 36.6. The van der Waals surface area contributed by atoms with E-state index in [2.05, 4.69) is 75.0 Å². The van der Waals surface area contributed by atoms with Crippen molar-refractivity contribution in [2.45, 2.75) is 198 Å². The van der Waals surface area contributed by atoms with E-state index in [1.54, 1.807) is 94.5 Å². The van der Waals surface area contributed by atoms with Gasteiger partial charge in [0.2, 0.25) is 58.4 Å². The standard InChI is InChI=1S/C103H158N20O25S2/c1-9-11-12-24-93(131)120(44-45-121(92(130)10-2)48-64-149-63-35-90(128)106-38-36-104)43-42-119(41-39-107-89(127)23-15-19-77-68-122(117-115-77)46-51-143-55-59-146-58-54-142-50-40-108-88(126)22-14-13-21-87-97-82(71-150-87)111-102(135)114-97)94(132)25-16-20-78-69-123(118-116-78)47-52-144-56-60-147-62-61-145-57-53-141-49-34-91(129)113-96(72(3)4)84(125)65-75(18-17-37-109-101(105)134)100(133)110-76-29-26-73(27-30-76)70-148-103(136)112-81-32-28-74-66-86(138-6)98(139-7)99(140-8)95(74)79-31-33-85(137-5)83(124)67-80(79)81/h1,26-27,29-31,33,66-69,72,75,81-82,87,96-97,115,117H,10-25,28,32,34-65,70-71,104H2,2-8H3,(H,106,128)(H,107,127)(H,108,126)(H,110,133)(H,112,136)(H,113,129)(H3,105,109,134)(H2,111,114,135)/t75?,81-,82+,87+,96+,97+/m1/s1. The van der Waals surface area contributed by atoms with E-state index in [1.165, 1.54) is 34.5 Å². The molecule has 0 saturated carbocycles. The molecule has 0 radical (unpaired) electrons. The molecule has 15 N–H and O–H groups in total. The Morgan fingerprint density at radius 3 is 1.91 bits per heavy atom. The Morgan fingerprint density at radius 2 is 1.25 bits per heavy atom. The number of hydrazine groups is 2. The first kappa shape index (κ1) is 123. The molecule has 1 aliphatic carbocycles. The lowest BCUT2D eigenvalue weighted by Crippen LogP contribution is -2.46. The van der Waals surface area contributed by atoms with E-state index in [9.17, 15) is 62.3 Å². The van der Waals surface area contributed by atoms with E-state index in [0.29, 0.717) is 237 Å². The summed E-state index contributed by atoms with van der Waals surface area (Å²) in [6.45, 7) is 13.3. The van der Waals surface area contributed by atoms with E-state index in [-0.39, 0.29) is 201 Å². The van der Waals surface area contributed by atoms with Gasteiger partial charge in [0.05, 0.1) is 164 Å².